The van der Waals surface area contributed by atoms with Crippen molar-refractivity contribution in [3.63, 3.8) is 0 Å². The van der Waals surface area contributed by atoms with Gasteiger partial charge < -0.3 is 19.7 Å². The molecule has 0 aromatic carbocycles. The van der Waals surface area contributed by atoms with E-state index < -0.39 is 0 Å². The minimum atomic E-state index is -0.0236. The highest BCUT2D eigenvalue weighted by Gasteiger charge is 2.30. The molecule has 1 aliphatic carbocycles. The van der Waals surface area contributed by atoms with E-state index in [1.165, 1.54) is 11.3 Å². The maximum atomic E-state index is 12.4. The zero-order valence-corrected chi connectivity index (χ0v) is 14.4. The molecule has 23 heavy (non-hydrogen) atoms. The third kappa shape index (κ3) is 5.89. The van der Waals surface area contributed by atoms with Crippen molar-refractivity contribution in [2.75, 3.05) is 45.8 Å². The van der Waals surface area contributed by atoms with Crippen LogP contribution in [-0.2, 0) is 25.5 Å². The minimum Gasteiger partial charge on any atom is -0.383 e. The summed E-state index contributed by atoms with van der Waals surface area (Å²) in [6.45, 7) is 2.01. The first kappa shape index (κ1) is 17.8. The molecule has 1 aromatic rings. The Kier molecular flexibility index (Phi) is 6.94. The number of anilines is 1. The molecule has 1 heterocycles. The fourth-order valence-electron chi connectivity index (χ4n) is 2.03. The van der Waals surface area contributed by atoms with E-state index in [0.29, 0.717) is 37.1 Å². The summed E-state index contributed by atoms with van der Waals surface area (Å²) in [6.07, 6.45) is 2.12. The summed E-state index contributed by atoms with van der Waals surface area (Å²) in [5.41, 5.74) is 0.672. The molecule has 2 amide bonds. The fraction of sp³-hybridized carbons (Fsp3) is 0.667. The van der Waals surface area contributed by atoms with Crippen molar-refractivity contribution in [3.8, 4) is 0 Å². The molecular weight excluding hydrogens is 318 g/mol. The van der Waals surface area contributed by atoms with Gasteiger partial charge in [-0.15, -0.1) is 11.3 Å². The van der Waals surface area contributed by atoms with Gasteiger partial charge in [-0.1, -0.05) is 0 Å². The lowest BCUT2D eigenvalue weighted by molar-refractivity contribution is -0.131. The van der Waals surface area contributed by atoms with E-state index in [9.17, 15) is 9.59 Å². The molecule has 0 spiro atoms. The molecule has 0 unspecified atom stereocenters. The number of amides is 2. The van der Waals surface area contributed by atoms with Crippen molar-refractivity contribution in [1.29, 1.82) is 0 Å². The summed E-state index contributed by atoms with van der Waals surface area (Å²) in [7, 11) is 3.21. The summed E-state index contributed by atoms with van der Waals surface area (Å²) in [5.74, 6) is 0.145. The molecule has 8 heteroatoms. The molecular formula is C15H23N3O4S. The second-order valence-corrected chi connectivity index (χ2v) is 6.31. The first-order valence-corrected chi connectivity index (χ1v) is 8.53. The molecule has 128 valence electrons. The van der Waals surface area contributed by atoms with Crippen molar-refractivity contribution in [3.05, 3.63) is 11.1 Å². The molecule has 0 atom stereocenters. The second-order valence-electron chi connectivity index (χ2n) is 5.45. The van der Waals surface area contributed by atoms with E-state index in [-0.39, 0.29) is 24.2 Å². The Morgan fingerprint density at radius 3 is 2.52 bits per heavy atom. The molecule has 1 fully saturated rings. The number of hydrogen-bond donors (Lipinski definition) is 1. The van der Waals surface area contributed by atoms with E-state index in [2.05, 4.69) is 10.3 Å². The topological polar surface area (TPSA) is 80.8 Å². The predicted octanol–water partition coefficient (Wildman–Crippen LogP) is 1.16. The minimum absolute atomic E-state index is 0.0236. The van der Waals surface area contributed by atoms with E-state index in [4.69, 9.17) is 9.47 Å². The highest BCUT2D eigenvalue weighted by molar-refractivity contribution is 7.13. The van der Waals surface area contributed by atoms with Gasteiger partial charge in [0.05, 0.1) is 25.3 Å². The van der Waals surface area contributed by atoms with Crippen LogP contribution in [-0.4, -0.2) is 62.2 Å². The number of ether oxygens (including phenoxy) is 2. The third-order valence-electron chi connectivity index (χ3n) is 3.55. The number of methoxy groups -OCH3 is 2. The maximum Gasteiger partial charge on any atom is 0.229 e. The van der Waals surface area contributed by atoms with Crippen molar-refractivity contribution < 1.29 is 19.1 Å². The number of thiazole rings is 1. The van der Waals surface area contributed by atoms with Gasteiger partial charge in [0.2, 0.25) is 11.8 Å². The molecule has 2 rings (SSSR count). The van der Waals surface area contributed by atoms with Crippen LogP contribution >= 0.6 is 11.3 Å². The van der Waals surface area contributed by atoms with Crippen molar-refractivity contribution in [2.24, 2.45) is 5.92 Å². The number of nitrogens with zero attached hydrogens (tertiary/aromatic N) is 2. The number of nitrogens with one attached hydrogen (secondary N) is 1. The zero-order valence-electron chi connectivity index (χ0n) is 13.5. The normalized spacial score (nSPS) is 13.8. The van der Waals surface area contributed by atoms with Gasteiger partial charge in [-0.2, -0.15) is 0 Å². The molecule has 0 saturated heterocycles. The SMILES string of the molecule is COCCN(CCOC)C(=O)Cc1csc(NC(=O)C2CC2)n1. The van der Waals surface area contributed by atoms with Gasteiger partial charge in [-0.05, 0) is 12.8 Å². The largest absolute Gasteiger partial charge is 0.383 e. The van der Waals surface area contributed by atoms with Crippen LogP contribution in [0, 0.1) is 5.92 Å². The molecule has 0 aliphatic heterocycles. The van der Waals surface area contributed by atoms with Gasteiger partial charge in [-0.3, -0.25) is 9.59 Å². The molecule has 1 N–H and O–H groups in total. The average molecular weight is 341 g/mol. The van der Waals surface area contributed by atoms with Gasteiger partial charge in [-0.25, -0.2) is 4.98 Å². The van der Waals surface area contributed by atoms with Crippen molar-refractivity contribution in [2.45, 2.75) is 19.3 Å². The van der Waals surface area contributed by atoms with Gasteiger partial charge >= 0.3 is 0 Å². The Labute approximate surface area is 140 Å². The molecule has 7 nitrogen and oxygen atoms in total. The Bertz CT molecular complexity index is 523. The van der Waals surface area contributed by atoms with Crippen LogP contribution in [0.5, 0.6) is 0 Å². The molecule has 0 radical (unpaired) electrons. The van der Waals surface area contributed by atoms with Gasteiger partial charge in [0, 0.05) is 38.6 Å². The highest BCUT2D eigenvalue weighted by atomic mass is 32.1. The van der Waals surface area contributed by atoms with Gasteiger partial charge in [0.1, 0.15) is 0 Å². The zero-order chi connectivity index (χ0) is 16.7. The van der Waals surface area contributed by atoms with E-state index >= 15 is 0 Å². The van der Waals surface area contributed by atoms with E-state index in [0.717, 1.165) is 12.8 Å². The Morgan fingerprint density at radius 2 is 1.96 bits per heavy atom. The van der Waals surface area contributed by atoms with Crippen LogP contribution in [0.3, 0.4) is 0 Å². The van der Waals surface area contributed by atoms with Crippen LogP contribution in [0.1, 0.15) is 18.5 Å². The van der Waals surface area contributed by atoms with Crippen LogP contribution in [0.15, 0.2) is 5.38 Å². The van der Waals surface area contributed by atoms with Gasteiger partial charge in [0.25, 0.3) is 0 Å². The number of rotatable bonds is 10. The lowest BCUT2D eigenvalue weighted by atomic mass is 10.3. The number of hydrogen-bond acceptors (Lipinski definition) is 6. The molecule has 1 saturated carbocycles. The molecule has 0 bridgehead atoms. The lowest BCUT2D eigenvalue weighted by Gasteiger charge is -2.21. The van der Waals surface area contributed by atoms with Crippen LogP contribution in [0.25, 0.3) is 0 Å². The van der Waals surface area contributed by atoms with Crippen LogP contribution in [0.4, 0.5) is 5.13 Å². The predicted molar refractivity (Wildman–Crippen MR) is 87.5 cm³/mol. The summed E-state index contributed by atoms with van der Waals surface area (Å²) >= 11 is 1.35. The number of carbonyl (C=O) groups excluding carboxylic acids is 2. The smallest absolute Gasteiger partial charge is 0.229 e. The monoisotopic (exact) mass is 341 g/mol. The maximum absolute atomic E-state index is 12.4. The van der Waals surface area contributed by atoms with Crippen LogP contribution < -0.4 is 5.32 Å². The van der Waals surface area contributed by atoms with Gasteiger partial charge in [0.15, 0.2) is 5.13 Å². The third-order valence-corrected chi connectivity index (χ3v) is 4.35. The Morgan fingerprint density at radius 1 is 1.30 bits per heavy atom. The average Bonchev–Trinajstić information content (AvgIpc) is 3.30. The Hall–Kier alpha value is -1.51. The first-order chi connectivity index (χ1) is 11.1. The fourth-order valence-corrected chi connectivity index (χ4v) is 2.74. The highest BCUT2D eigenvalue weighted by Crippen LogP contribution is 2.30. The van der Waals surface area contributed by atoms with E-state index in [1.807, 2.05) is 5.38 Å². The summed E-state index contributed by atoms with van der Waals surface area (Å²) in [5, 5.41) is 5.17. The van der Waals surface area contributed by atoms with Crippen molar-refractivity contribution >= 4 is 28.3 Å². The standard InChI is InChI=1S/C15H23N3O4S/c1-21-7-5-18(6-8-22-2)13(19)9-12-10-23-15(16-12)17-14(20)11-3-4-11/h10-11H,3-9H2,1-2H3,(H,16,17,20). The number of aromatic nitrogens is 1. The lowest BCUT2D eigenvalue weighted by Crippen LogP contribution is -2.37. The first-order valence-electron chi connectivity index (χ1n) is 7.65. The van der Waals surface area contributed by atoms with Crippen LogP contribution in [0.2, 0.25) is 0 Å². The summed E-state index contributed by atoms with van der Waals surface area (Å²) in [6, 6.07) is 0. The number of carbonyl (C=O) groups is 2. The Balaban J connectivity index is 1.86. The van der Waals surface area contributed by atoms with E-state index in [1.54, 1.807) is 19.1 Å². The molecule has 1 aliphatic rings. The second kappa shape index (κ2) is 8.95. The summed E-state index contributed by atoms with van der Waals surface area (Å²) < 4.78 is 10.1. The molecule has 1 aromatic heterocycles. The quantitative estimate of drug-likeness (QED) is 0.691. The van der Waals surface area contributed by atoms with Crippen molar-refractivity contribution in [1.82, 2.24) is 9.88 Å². The summed E-state index contributed by atoms with van der Waals surface area (Å²) in [4.78, 5) is 30.1.